The van der Waals surface area contributed by atoms with E-state index in [1.165, 1.54) is 20.0 Å². The maximum atomic E-state index is 11.9. The molecule has 1 aliphatic rings. The molecule has 1 aromatic rings. The monoisotopic (exact) mass is 293 g/mol. The summed E-state index contributed by atoms with van der Waals surface area (Å²) in [6, 6.07) is 0.258. The van der Waals surface area contributed by atoms with Crippen LogP contribution in [0, 0.1) is 5.92 Å². The molecule has 0 aromatic carbocycles. The van der Waals surface area contributed by atoms with Crippen molar-refractivity contribution in [3.05, 3.63) is 5.82 Å². The predicted octanol–water partition coefficient (Wildman–Crippen LogP) is 1.14. The maximum absolute atomic E-state index is 11.9. The van der Waals surface area contributed by atoms with E-state index in [1.807, 2.05) is 14.1 Å². The van der Waals surface area contributed by atoms with Crippen LogP contribution in [-0.2, 0) is 11.3 Å². The molecule has 1 aromatic heterocycles. The maximum Gasteiger partial charge on any atom is 0.321 e. The van der Waals surface area contributed by atoms with Crippen LogP contribution >= 0.6 is 0 Å². The number of hydrogen-bond acceptors (Lipinski definition) is 6. The first kappa shape index (κ1) is 15.5. The number of ether oxygens (including phenoxy) is 1. The quantitative estimate of drug-likeness (QED) is 0.847. The molecule has 1 N–H and O–H groups in total. The lowest BCUT2D eigenvalue weighted by Crippen LogP contribution is -2.26. The van der Waals surface area contributed by atoms with Gasteiger partial charge in [-0.05, 0) is 18.8 Å². The number of amides is 1. The lowest BCUT2D eigenvalue weighted by molar-refractivity contribution is -0.122. The summed E-state index contributed by atoms with van der Waals surface area (Å²) in [5, 5.41) is 2.88. The highest BCUT2D eigenvalue weighted by molar-refractivity contribution is 5.76. The van der Waals surface area contributed by atoms with Crippen LogP contribution in [0.5, 0.6) is 6.01 Å². The first-order valence-corrected chi connectivity index (χ1v) is 7.31. The molecule has 1 aliphatic carbocycles. The van der Waals surface area contributed by atoms with Crippen LogP contribution in [0.4, 0.5) is 5.95 Å². The fraction of sp³-hybridized carbons (Fsp3) is 0.714. The van der Waals surface area contributed by atoms with E-state index in [9.17, 15) is 4.79 Å². The van der Waals surface area contributed by atoms with Crippen molar-refractivity contribution in [2.75, 3.05) is 26.1 Å². The van der Waals surface area contributed by atoms with Crippen molar-refractivity contribution < 1.29 is 9.53 Å². The number of nitrogens with one attached hydrogen (secondary N) is 1. The highest BCUT2D eigenvalue weighted by Gasteiger charge is 2.18. The number of methoxy groups -OCH3 is 1. The summed E-state index contributed by atoms with van der Waals surface area (Å²) in [6.45, 7) is 0.297. The molecule has 1 heterocycles. The molecule has 0 atom stereocenters. The summed E-state index contributed by atoms with van der Waals surface area (Å²) in [7, 11) is 5.20. The molecule has 0 aliphatic heterocycles. The number of aromatic nitrogens is 3. The fourth-order valence-corrected chi connectivity index (χ4v) is 2.48. The van der Waals surface area contributed by atoms with Gasteiger partial charge in [-0.25, -0.2) is 0 Å². The fourth-order valence-electron chi connectivity index (χ4n) is 2.48. The number of hydrogen-bond donors (Lipinski definition) is 1. The van der Waals surface area contributed by atoms with Gasteiger partial charge in [0.25, 0.3) is 0 Å². The number of rotatable bonds is 6. The van der Waals surface area contributed by atoms with Crippen LogP contribution < -0.4 is 15.0 Å². The highest BCUT2D eigenvalue weighted by Crippen LogP contribution is 2.27. The van der Waals surface area contributed by atoms with Gasteiger partial charge in [0.2, 0.25) is 11.9 Å². The van der Waals surface area contributed by atoms with E-state index in [4.69, 9.17) is 4.74 Å². The first-order valence-electron chi connectivity index (χ1n) is 7.31. The Bertz CT molecular complexity index is 486. The molecule has 0 bridgehead atoms. The molecule has 0 spiro atoms. The lowest BCUT2D eigenvalue weighted by atomic mass is 10.0. The molecular formula is C14H23N5O2. The van der Waals surface area contributed by atoms with E-state index in [-0.39, 0.29) is 11.9 Å². The molecule has 0 saturated heterocycles. The van der Waals surface area contributed by atoms with Gasteiger partial charge in [-0.3, -0.25) is 4.79 Å². The van der Waals surface area contributed by atoms with E-state index in [1.54, 1.807) is 4.90 Å². The second-order valence-corrected chi connectivity index (χ2v) is 5.56. The third kappa shape index (κ3) is 4.54. The zero-order valence-corrected chi connectivity index (χ0v) is 12.9. The van der Waals surface area contributed by atoms with Crippen LogP contribution in [0.25, 0.3) is 0 Å². The Morgan fingerprint density at radius 3 is 2.62 bits per heavy atom. The Hall–Kier alpha value is -1.92. The third-order valence-electron chi connectivity index (χ3n) is 3.62. The van der Waals surface area contributed by atoms with Gasteiger partial charge in [0.15, 0.2) is 5.82 Å². The van der Waals surface area contributed by atoms with Crippen LogP contribution in [0.3, 0.4) is 0 Å². The Morgan fingerprint density at radius 2 is 2.00 bits per heavy atom. The molecule has 1 fully saturated rings. The molecule has 1 saturated carbocycles. The van der Waals surface area contributed by atoms with Gasteiger partial charge in [-0.1, -0.05) is 12.8 Å². The smallest absolute Gasteiger partial charge is 0.321 e. The minimum Gasteiger partial charge on any atom is -0.467 e. The summed E-state index contributed by atoms with van der Waals surface area (Å²) in [5.74, 6) is 1.62. The van der Waals surface area contributed by atoms with Crippen LogP contribution in [0.15, 0.2) is 0 Å². The van der Waals surface area contributed by atoms with Crippen molar-refractivity contribution in [3.63, 3.8) is 0 Å². The zero-order chi connectivity index (χ0) is 15.2. The second kappa shape index (κ2) is 7.19. The molecule has 7 nitrogen and oxygen atoms in total. The predicted molar refractivity (Wildman–Crippen MR) is 79.1 cm³/mol. The number of carbonyl (C=O) groups is 1. The standard InChI is InChI=1S/C14H23N5O2/c1-19(2)13-16-11(17-14(18-13)21-3)9-15-12(20)8-10-6-4-5-7-10/h10H,4-9H2,1-3H3,(H,15,20). The lowest BCUT2D eigenvalue weighted by Gasteiger charge is -2.13. The van der Waals surface area contributed by atoms with Crippen molar-refractivity contribution in [3.8, 4) is 6.01 Å². The summed E-state index contributed by atoms with van der Waals surface area (Å²) in [6.07, 6.45) is 5.42. The van der Waals surface area contributed by atoms with Gasteiger partial charge in [-0.15, -0.1) is 0 Å². The normalized spacial score (nSPS) is 15.0. The van der Waals surface area contributed by atoms with Crippen molar-refractivity contribution >= 4 is 11.9 Å². The van der Waals surface area contributed by atoms with Crippen LogP contribution in [0.2, 0.25) is 0 Å². The number of carbonyl (C=O) groups excluding carboxylic acids is 1. The summed E-state index contributed by atoms with van der Waals surface area (Å²) in [4.78, 5) is 26.3. The first-order chi connectivity index (χ1) is 10.1. The second-order valence-electron chi connectivity index (χ2n) is 5.56. The molecule has 7 heteroatoms. The largest absolute Gasteiger partial charge is 0.467 e. The summed E-state index contributed by atoms with van der Waals surface area (Å²) < 4.78 is 5.06. The average molecular weight is 293 g/mol. The van der Waals surface area contributed by atoms with E-state index in [2.05, 4.69) is 20.3 Å². The molecule has 21 heavy (non-hydrogen) atoms. The summed E-state index contributed by atoms with van der Waals surface area (Å²) >= 11 is 0. The van der Waals surface area contributed by atoms with Crippen LogP contribution in [-0.4, -0.2) is 42.1 Å². The Labute approximate surface area is 125 Å². The molecule has 2 rings (SSSR count). The van der Waals surface area contributed by atoms with E-state index >= 15 is 0 Å². The van der Waals surface area contributed by atoms with E-state index in [0.29, 0.717) is 30.7 Å². The summed E-state index contributed by atoms with van der Waals surface area (Å²) in [5.41, 5.74) is 0. The molecular weight excluding hydrogens is 270 g/mol. The van der Waals surface area contributed by atoms with Gasteiger partial charge >= 0.3 is 6.01 Å². The minimum atomic E-state index is 0.0627. The Morgan fingerprint density at radius 1 is 1.29 bits per heavy atom. The van der Waals surface area contributed by atoms with Crippen molar-refractivity contribution in [1.29, 1.82) is 0 Å². The van der Waals surface area contributed by atoms with Crippen molar-refractivity contribution in [2.45, 2.75) is 38.6 Å². The average Bonchev–Trinajstić information content (AvgIpc) is 2.97. The zero-order valence-electron chi connectivity index (χ0n) is 12.9. The van der Waals surface area contributed by atoms with Crippen LogP contribution in [0.1, 0.15) is 37.9 Å². The molecule has 1 amide bonds. The SMILES string of the molecule is COc1nc(CNC(=O)CC2CCCC2)nc(N(C)C)n1. The van der Waals surface area contributed by atoms with Crippen molar-refractivity contribution in [1.82, 2.24) is 20.3 Å². The topological polar surface area (TPSA) is 80.2 Å². The Balaban J connectivity index is 1.92. The van der Waals surface area contributed by atoms with E-state index < -0.39 is 0 Å². The van der Waals surface area contributed by atoms with Gasteiger partial charge < -0.3 is 15.0 Å². The molecule has 116 valence electrons. The Kier molecular flexibility index (Phi) is 5.30. The molecule has 0 radical (unpaired) electrons. The van der Waals surface area contributed by atoms with Crippen molar-refractivity contribution in [2.24, 2.45) is 5.92 Å². The highest BCUT2D eigenvalue weighted by atomic mass is 16.5. The van der Waals surface area contributed by atoms with Gasteiger partial charge in [0, 0.05) is 20.5 Å². The van der Waals surface area contributed by atoms with Gasteiger partial charge in [-0.2, -0.15) is 15.0 Å². The minimum absolute atomic E-state index is 0.0627. The molecule has 0 unspecified atom stereocenters. The number of anilines is 1. The van der Waals surface area contributed by atoms with E-state index in [0.717, 1.165) is 12.8 Å². The van der Waals surface area contributed by atoms with Gasteiger partial charge in [0.1, 0.15) is 0 Å². The third-order valence-corrected chi connectivity index (χ3v) is 3.62. The van der Waals surface area contributed by atoms with Gasteiger partial charge in [0.05, 0.1) is 13.7 Å². The number of nitrogens with zero attached hydrogens (tertiary/aromatic N) is 4.